The summed E-state index contributed by atoms with van der Waals surface area (Å²) in [4.78, 5) is 46.4. The lowest BCUT2D eigenvalue weighted by Crippen LogP contribution is -2.61. The molecule has 3 aromatic rings. The van der Waals surface area contributed by atoms with Crippen molar-refractivity contribution in [3.05, 3.63) is 0 Å². The highest BCUT2D eigenvalue weighted by Gasteiger charge is 2.52. The summed E-state index contributed by atoms with van der Waals surface area (Å²) in [5, 5.41) is 97.3. The monoisotopic (exact) mass is 1410 g/mol. The van der Waals surface area contributed by atoms with Crippen LogP contribution in [0.5, 0.6) is 18.0 Å². The van der Waals surface area contributed by atoms with E-state index < -0.39 is 66.5 Å². The van der Waals surface area contributed by atoms with Crippen LogP contribution >= 0.6 is 0 Å². The number of piperidine rings is 6. The first kappa shape index (κ1) is 78.8. The van der Waals surface area contributed by atoms with Crippen LogP contribution in [-0.2, 0) is 0 Å². The summed E-state index contributed by atoms with van der Waals surface area (Å²) in [6, 6.07) is 0.128. The van der Waals surface area contributed by atoms with Crippen LogP contribution < -0.4 is 46.1 Å². The first-order valence-electron chi connectivity index (χ1n) is 36.2. The summed E-state index contributed by atoms with van der Waals surface area (Å²) >= 11 is 0. The zero-order chi connectivity index (χ0) is 74.2. The quantitative estimate of drug-likeness (QED) is 0.0396. The third-order valence-corrected chi connectivity index (χ3v) is 21.5. The molecule has 12 N–H and O–H groups in total. The zero-order valence-electron chi connectivity index (χ0n) is 64.8. The van der Waals surface area contributed by atoms with E-state index in [2.05, 4.69) is 36.8 Å². The second kappa shape index (κ2) is 28.3. The first-order valence-corrected chi connectivity index (χ1v) is 36.2. The van der Waals surface area contributed by atoms with Crippen molar-refractivity contribution in [2.24, 2.45) is 0 Å². The molecule has 100 heavy (non-hydrogen) atoms. The van der Waals surface area contributed by atoms with Gasteiger partial charge < -0.3 is 77.4 Å². The molecule has 0 aliphatic carbocycles. The lowest BCUT2D eigenvalue weighted by atomic mass is 9.79. The number of nitrogens with zero attached hydrogens (tertiary/aromatic N) is 16. The van der Waals surface area contributed by atoms with Crippen LogP contribution in [0.3, 0.4) is 0 Å². The number of hydrogen-bond acceptors (Lipinski definition) is 31. The summed E-state index contributed by atoms with van der Waals surface area (Å²) in [6.45, 7) is 50.7. The van der Waals surface area contributed by atoms with Gasteiger partial charge in [0.1, 0.15) is 18.3 Å². The minimum absolute atomic E-state index is 0.102. The Hall–Kier alpha value is -5.29. The van der Waals surface area contributed by atoms with E-state index in [9.17, 15) is 31.2 Å². The molecular weight excluding hydrogens is 1280 g/mol. The van der Waals surface area contributed by atoms with Crippen molar-refractivity contribution in [3.8, 4) is 18.0 Å². The van der Waals surface area contributed by atoms with E-state index >= 15 is 0 Å². The Morgan fingerprint density at radius 2 is 0.450 bits per heavy atom. The largest absolute Gasteiger partial charge is 0.460 e. The minimum atomic E-state index is -0.593. The van der Waals surface area contributed by atoms with Gasteiger partial charge in [-0.2, -0.15) is 75.2 Å². The van der Waals surface area contributed by atoms with Crippen LogP contribution in [0.15, 0.2) is 0 Å². The zero-order valence-corrected chi connectivity index (χ0v) is 64.8. The molecule has 9 heterocycles. The van der Waals surface area contributed by atoms with Gasteiger partial charge in [-0.05, 0) is 205 Å². The molecule has 3 aromatic heterocycles. The molecular formula is C69H126N22O9. The van der Waals surface area contributed by atoms with Crippen molar-refractivity contribution in [2.45, 2.75) is 346 Å². The van der Waals surface area contributed by atoms with Gasteiger partial charge in [0, 0.05) is 162 Å². The van der Waals surface area contributed by atoms with E-state index in [1.807, 2.05) is 166 Å². The number of anilines is 6. The molecule has 0 aromatic carbocycles. The fourth-order valence-corrected chi connectivity index (χ4v) is 17.9. The van der Waals surface area contributed by atoms with Crippen LogP contribution in [0.25, 0.3) is 0 Å². The number of hydroxylamine groups is 12. The Morgan fingerprint density at radius 3 is 0.640 bits per heavy atom. The number of ether oxygens (including phenoxy) is 3. The fraction of sp³-hybridized carbons (Fsp3) is 0.870. The van der Waals surface area contributed by atoms with Crippen LogP contribution in [0.4, 0.5) is 35.7 Å². The summed E-state index contributed by atoms with van der Waals surface area (Å²) < 4.78 is 20.1. The van der Waals surface area contributed by atoms with Crippen LogP contribution in [0.1, 0.15) is 243 Å². The van der Waals surface area contributed by atoms with E-state index in [1.54, 1.807) is 0 Å². The molecule has 0 unspecified atom stereocenters. The molecule has 6 fully saturated rings. The second-order valence-corrected chi connectivity index (χ2v) is 37.2. The molecule has 566 valence electrons. The van der Waals surface area contributed by atoms with Gasteiger partial charge in [-0.25, -0.2) is 0 Å². The third-order valence-electron chi connectivity index (χ3n) is 21.5. The van der Waals surface area contributed by atoms with Gasteiger partial charge in [0.25, 0.3) is 0 Å². The maximum Gasteiger partial charge on any atom is 0.323 e. The third kappa shape index (κ3) is 18.6. The van der Waals surface area contributed by atoms with E-state index in [0.717, 1.165) is 0 Å². The number of rotatable bonds is 24. The summed E-state index contributed by atoms with van der Waals surface area (Å²) in [7, 11) is 0. The van der Waals surface area contributed by atoms with Gasteiger partial charge >= 0.3 is 18.0 Å². The highest BCUT2D eigenvalue weighted by atomic mass is 16.5. The normalized spacial score (nSPS) is 25.8. The fourth-order valence-electron chi connectivity index (χ4n) is 17.9. The van der Waals surface area contributed by atoms with Crippen molar-refractivity contribution in [1.82, 2.24) is 80.1 Å². The maximum absolute atomic E-state index is 11.2. The SMILES string of the molecule is CC1(C)CC(Nc2nc(NCCN(CCNc3nc(NC4CC(C)(C)N(O)C(C)(C)C4)nc(OC4CC(C)(C)N(O)C(C)(C)C4)n3)CCNc3nc(NC4CC(C)(C)N(O)C(C)(C)C4)nc(OC4CC(C)(C)N(O)C(C)(C)C4)n3)nc(OC3CC(C)(C)N(O)C(C)(C)C3)n2)CC(C)(C)N1O. The van der Waals surface area contributed by atoms with Gasteiger partial charge in [-0.3, -0.25) is 4.90 Å². The maximum atomic E-state index is 11.2. The summed E-state index contributed by atoms with van der Waals surface area (Å²) in [5.41, 5.74) is -6.83. The Kier molecular flexibility index (Phi) is 22.3. The lowest BCUT2D eigenvalue weighted by Gasteiger charge is -2.51. The Labute approximate surface area is 594 Å². The number of nitrogens with one attached hydrogen (secondary N) is 6. The highest BCUT2D eigenvalue weighted by Crippen LogP contribution is 2.44. The van der Waals surface area contributed by atoms with Gasteiger partial charge in [0.15, 0.2) is 0 Å². The predicted octanol–water partition coefficient (Wildman–Crippen LogP) is 10.0. The van der Waals surface area contributed by atoms with Gasteiger partial charge in [0.2, 0.25) is 35.7 Å². The molecule has 31 heteroatoms. The summed E-state index contributed by atoms with van der Waals surface area (Å²) in [6.07, 6.45) is 5.84. The Morgan fingerprint density at radius 1 is 0.280 bits per heavy atom. The van der Waals surface area contributed by atoms with Crippen molar-refractivity contribution < 1.29 is 45.5 Å². The average molecular weight is 1410 g/mol. The second-order valence-electron chi connectivity index (χ2n) is 37.2. The first-order chi connectivity index (χ1) is 45.8. The van der Waals surface area contributed by atoms with E-state index in [4.69, 9.17) is 59.1 Å². The molecule has 6 aliphatic heterocycles. The molecule has 0 radical (unpaired) electrons. The molecule has 0 bridgehead atoms. The number of aromatic nitrogens is 9. The topological polar surface area (TPSA) is 360 Å². The molecule has 9 rings (SSSR count). The smallest absolute Gasteiger partial charge is 0.323 e. The summed E-state index contributed by atoms with van der Waals surface area (Å²) in [5.74, 6) is 1.90. The standard InChI is InChI=1S/C69H126N22O9/c1-58(2)31-43(32-59(3,4)86(58)92)73-52-76-49(79-55(82-52)98-46-37-64(13,14)89(95)65(15,16)38-46)70-25-28-85(29-26-71-50-77-53(74-44-33-60(5,6)87(93)61(7,8)34-44)83-56(80-50)99-47-39-66(17,18)90(96)67(19,20)40-47)30-27-72-51-78-54(75-45-35-62(9,10)88(94)63(11,12)36-45)84-57(81-51)100-48-41-68(21,22)91(97)69(23,24)42-48/h43-48,92-97H,25-42H2,1-24H3,(H2,70,73,76,79,82)(H2,71,74,77,80,83)(H2,72,75,78,81,84). The van der Waals surface area contributed by atoms with Crippen molar-refractivity contribution >= 4 is 35.7 Å². The van der Waals surface area contributed by atoms with Crippen molar-refractivity contribution in [3.63, 3.8) is 0 Å². The molecule has 6 aliphatic rings. The molecule has 0 amide bonds. The van der Waals surface area contributed by atoms with E-state index in [-0.39, 0.29) is 54.5 Å². The van der Waals surface area contributed by atoms with Crippen LogP contribution in [-0.4, -0.2) is 254 Å². The van der Waals surface area contributed by atoms with Crippen molar-refractivity contribution in [2.75, 3.05) is 71.2 Å². The molecule has 6 saturated heterocycles. The molecule has 0 atom stereocenters. The Bertz CT molecular complexity index is 2660. The van der Waals surface area contributed by atoms with Gasteiger partial charge in [-0.1, -0.05) is 0 Å². The van der Waals surface area contributed by atoms with E-state index in [0.29, 0.717) is 152 Å². The van der Waals surface area contributed by atoms with Gasteiger partial charge in [0.05, 0.1) is 0 Å². The molecule has 31 nitrogen and oxygen atoms in total. The van der Waals surface area contributed by atoms with Crippen molar-refractivity contribution in [1.29, 1.82) is 0 Å². The molecule has 0 saturated carbocycles. The Balaban J connectivity index is 1.00. The highest BCUT2D eigenvalue weighted by molar-refractivity contribution is 5.40. The van der Waals surface area contributed by atoms with E-state index in [1.165, 1.54) is 30.4 Å². The van der Waals surface area contributed by atoms with Crippen LogP contribution in [0, 0.1) is 0 Å². The average Bonchev–Trinajstić information content (AvgIpc) is 0.802. The van der Waals surface area contributed by atoms with Gasteiger partial charge in [-0.15, -0.1) is 0 Å². The number of hydrogen-bond donors (Lipinski definition) is 12. The van der Waals surface area contributed by atoms with Crippen LogP contribution in [0.2, 0.25) is 0 Å². The minimum Gasteiger partial charge on any atom is -0.460 e. The molecule has 0 spiro atoms. The lowest BCUT2D eigenvalue weighted by molar-refractivity contribution is -0.255. The predicted molar refractivity (Wildman–Crippen MR) is 383 cm³/mol.